The van der Waals surface area contributed by atoms with E-state index < -0.39 is 0 Å². The molecule has 0 amide bonds. The van der Waals surface area contributed by atoms with Gasteiger partial charge in [0.1, 0.15) is 21.9 Å². The maximum Gasteiger partial charge on any atom is 0.124 e. The lowest BCUT2D eigenvalue weighted by atomic mass is 10.0. The number of rotatable bonds is 3. The number of imidazole rings is 2. The van der Waals surface area contributed by atoms with Gasteiger partial charge in [-0.3, -0.25) is 0 Å². The van der Waals surface area contributed by atoms with Gasteiger partial charge in [0.25, 0.3) is 0 Å². The number of fused-ring (bicyclic) bond motifs is 1. The van der Waals surface area contributed by atoms with Crippen molar-refractivity contribution in [1.29, 1.82) is 0 Å². The van der Waals surface area contributed by atoms with Crippen molar-refractivity contribution in [2.24, 2.45) is 5.41 Å². The lowest BCUT2D eigenvalue weighted by Gasteiger charge is -2.21. The second-order valence-electron chi connectivity index (χ2n) is 10.6. The number of aromatic nitrogens is 4. The van der Waals surface area contributed by atoms with Gasteiger partial charge in [0.2, 0.25) is 0 Å². The summed E-state index contributed by atoms with van der Waals surface area (Å²) in [6.45, 7) is 2.18. The highest BCUT2D eigenvalue weighted by Crippen LogP contribution is 2.54. The molecular weight excluding hydrogens is 512 g/mol. The van der Waals surface area contributed by atoms with Crippen LogP contribution in [-0.4, -0.2) is 33.0 Å². The first-order valence-corrected chi connectivity index (χ1v) is 13.8. The number of nitrogens with zero attached hydrogens (tertiary/aromatic N) is 2. The van der Waals surface area contributed by atoms with Crippen LogP contribution in [0.25, 0.3) is 22.3 Å². The molecule has 6 nitrogen and oxygen atoms in total. The molecule has 182 valence electrons. The van der Waals surface area contributed by atoms with Crippen molar-refractivity contribution in [3.05, 3.63) is 69.8 Å². The van der Waals surface area contributed by atoms with Crippen molar-refractivity contribution in [3.8, 4) is 23.1 Å². The van der Waals surface area contributed by atoms with Gasteiger partial charge in [-0.15, -0.1) is 0 Å². The average molecular weight is 541 g/mol. The summed E-state index contributed by atoms with van der Waals surface area (Å²) in [5.41, 5.74) is 6.60. The quantitative estimate of drug-likeness (QED) is 0.249. The number of hydrogen-bond acceptors (Lipinski definition) is 4. The molecule has 4 heterocycles. The summed E-state index contributed by atoms with van der Waals surface area (Å²) in [5, 5.41) is 7.21. The Hall–Kier alpha value is -2.92. The first-order chi connectivity index (χ1) is 17.6. The molecule has 2 aliphatic heterocycles. The fourth-order valence-electron chi connectivity index (χ4n) is 5.61. The largest absolute Gasteiger partial charge is 0.341 e. The standard InChI is InChI=1S/C29H29BrN6/c30-26-25(35-27(36-26)22-3-1-2-14-31-22)20-9-6-18(7-10-20)4-5-19-8-11-21-23(15-19)34-28(33-21)24-16-29(12-13-29)17-32-24/h6-11,15,22,24,31-32H,1-3,12-14,16-17H2,(H,33,34)(H,35,36)/t22-,24-/m0/s1. The van der Waals surface area contributed by atoms with Crippen LogP contribution in [0.1, 0.15) is 73.4 Å². The normalized spacial score (nSPS) is 22.6. The Morgan fingerprint density at radius 2 is 1.67 bits per heavy atom. The van der Waals surface area contributed by atoms with Gasteiger partial charge in [0.15, 0.2) is 0 Å². The van der Waals surface area contributed by atoms with Crippen LogP contribution < -0.4 is 10.6 Å². The molecule has 2 atom stereocenters. The predicted octanol–water partition coefficient (Wildman–Crippen LogP) is 5.74. The Kier molecular flexibility index (Phi) is 5.50. The Bertz CT molecular complexity index is 1480. The molecule has 0 radical (unpaired) electrons. The lowest BCUT2D eigenvalue weighted by molar-refractivity contribution is 0.399. The van der Waals surface area contributed by atoms with Gasteiger partial charge in [-0.2, -0.15) is 0 Å². The van der Waals surface area contributed by atoms with E-state index in [-0.39, 0.29) is 0 Å². The maximum absolute atomic E-state index is 4.88. The minimum atomic E-state index is 0.307. The van der Waals surface area contributed by atoms with Gasteiger partial charge in [-0.05, 0) is 90.3 Å². The Morgan fingerprint density at radius 3 is 2.44 bits per heavy atom. The number of benzene rings is 2. The van der Waals surface area contributed by atoms with Crippen molar-refractivity contribution in [2.75, 3.05) is 13.1 Å². The summed E-state index contributed by atoms with van der Waals surface area (Å²) in [4.78, 5) is 16.7. The van der Waals surface area contributed by atoms with Crippen LogP contribution in [0.3, 0.4) is 0 Å². The minimum absolute atomic E-state index is 0.307. The van der Waals surface area contributed by atoms with Crippen LogP contribution in [-0.2, 0) is 0 Å². The summed E-state index contributed by atoms with van der Waals surface area (Å²) in [7, 11) is 0. The monoisotopic (exact) mass is 540 g/mol. The molecule has 36 heavy (non-hydrogen) atoms. The Morgan fingerprint density at radius 1 is 0.861 bits per heavy atom. The highest BCUT2D eigenvalue weighted by Gasteiger charge is 2.49. The van der Waals surface area contributed by atoms with Gasteiger partial charge in [0.05, 0.1) is 23.1 Å². The second kappa shape index (κ2) is 8.88. The third-order valence-corrected chi connectivity index (χ3v) is 8.55. The third kappa shape index (κ3) is 4.28. The van der Waals surface area contributed by atoms with E-state index in [4.69, 9.17) is 9.97 Å². The first kappa shape index (κ1) is 22.3. The lowest BCUT2D eigenvalue weighted by Crippen LogP contribution is -2.27. The van der Waals surface area contributed by atoms with E-state index in [1.165, 1.54) is 32.1 Å². The fourth-order valence-corrected chi connectivity index (χ4v) is 6.13. The number of H-pyrrole nitrogens is 2. The zero-order valence-corrected chi connectivity index (χ0v) is 21.7. The van der Waals surface area contributed by atoms with Gasteiger partial charge in [0, 0.05) is 23.2 Å². The molecule has 3 fully saturated rings. The number of hydrogen-bond donors (Lipinski definition) is 4. The highest BCUT2D eigenvalue weighted by atomic mass is 79.9. The fraction of sp³-hybridized carbons (Fsp3) is 0.379. The molecule has 4 N–H and O–H groups in total. The topological polar surface area (TPSA) is 81.4 Å². The summed E-state index contributed by atoms with van der Waals surface area (Å²) < 4.78 is 0.927. The number of halogens is 1. The summed E-state index contributed by atoms with van der Waals surface area (Å²) in [6.07, 6.45) is 7.51. The van der Waals surface area contributed by atoms with Crippen LogP contribution in [0.2, 0.25) is 0 Å². The van der Waals surface area contributed by atoms with E-state index in [0.717, 1.165) is 69.2 Å². The van der Waals surface area contributed by atoms with Crippen molar-refractivity contribution in [3.63, 3.8) is 0 Å². The van der Waals surface area contributed by atoms with Gasteiger partial charge >= 0.3 is 0 Å². The molecule has 4 aromatic rings. The van der Waals surface area contributed by atoms with Crippen LogP contribution >= 0.6 is 15.9 Å². The highest BCUT2D eigenvalue weighted by molar-refractivity contribution is 9.10. The van der Waals surface area contributed by atoms with Crippen LogP contribution in [0, 0.1) is 17.3 Å². The van der Waals surface area contributed by atoms with Crippen LogP contribution in [0.4, 0.5) is 0 Å². The van der Waals surface area contributed by atoms with E-state index >= 15 is 0 Å². The molecule has 7 heteroatoms. The molecule has 1 spiro atoms. The molecule has 2 saturated heterocycles. The van der Waals surface area contributed by atoms with E-state index in [9.17, 15) is 0 Å². The maximum atomic E-state index is 4.88. The van der Waals surface area contributed by atoms with Crippen molar-refractivity contribution in [1.82, 2.24) is 30.6 Å². The Labute approximate surface area is 219 Å². The molecule has 1 aliphatic carbocycles. The van der Waals surface area contributed by atoms with Crippen LogP contribution in [0.15, 0.2) is 47.1 Å². The summed E-state index contributed by atoms with van der Waals surface area (Å²) in [5.74, 6) is 8.69. The van der Waals surface area contributed by atoms with E-state index in [0.29, 0.717) is 17.5 Å². The molecule has 0 unspecified atom stereocenters. The number of nitrogens with one attached hydrogen (secondary N) is 4. The van der Waals surface area contributed by atoms with Crippen molar-refractivity contribution >= 4 is 27.0 Å². The van der Waals surface area contributed by atoms with E-state index in [1.54, 1.807) is 0 Å². The molecule has 7 rings (SSSR count). The molecule has 2 aromatic carbocycles. The van der Waals surface area contributed by atoms with E-state index in [1.807, 2.05) is 0 Å². The summed E-state index contributed by atoms with van der Waals surface area (Å²) >= 11 is 3.67. The second-order valence-corrected chi connectivity index (χ2v) is 11.4. The smallest absolute Gasteiger partial charge is 0.124 e. The van der Waals surface area contributed by atoms with Crippen LogP contribution in [0.5, 0.6) is 0 Å². The molecule has 3 aliphatic rings. The number of aromatic amines is 2. The van der Waals surface area contributed by atoms with E-state index in [2.05, 4.69) is 90.8 Å². The molecule has 0 bridgehead atoms. The molecule has 1 saturated carbocycles. The predicted molar refractivity (Wildman–Crippen MR) is 145 cm³/mol. The van der Waals surface area contributed by atoms with Crippen molar-refractivity contribution < 1.29 is 0 Å². The third-order valence-electron chi connectivity index (χ3n) is 7.98. The van der Waals surface area contributed by atoms with Gasteiger partial charge in [-0.25, -0.2) is 9.97 Å². The first-order valence-electron chi connectivity index (χ1n) is 13.0. The number of piperidine rings is 1. The molecule has 2 aromatic heterocycles. The Balaban J connectivity index is 1.07. The van der Waals surface area contributed by atoms with Gasteiger partial charge in [-0.1, -0.05) is 30.4 Å². The summed E-state index contributed by atoms with van der Waals surface area (Å²) in [6, 6.07) is 15.2. The molecular formula is C29H29BrN6. The zero-order valence-electron chi connectivity index (χ0n) is 20.1. The average Bonchev–Trinajstić information content (AvgIpc) is 3.22. The van der Waals surface area contributed by atoms with Crippen molar-refractivity contribution in [2.45, 2.75) is 50.6 Å². The van der Waals surface area contributed by atoms with Gasteiger partial charge < -0.3 is 20.6 Å². The minimum Gasteiger partial charge on any atom is -0.341 e. The zero-order chi connectivity index (χ0) is 24.1. The SMILES string of the molecule is Brc1[nH]c([C@@H]2CCCCN2)nc1-c1ccc(C#Cc2ccc3nc([C@@H]4CC5(CC5)CN4)[nH]c3c2)cc1.